The molecular formula is C14H12BrF3N2O. The zero-order chi connectivity index (χ0) is 15.6. The molecule has 7 heteroatoms. The number of hydrogen-bond donors (Lipinski definition) is 2. The number of benzene rings is 2. The van der Waals surface area contributed by atoms with Crippen LogP contribution < -0.4 is 15.8 Å². The molecule has 0 spiro atoms. The van der Waals surface area contributed by atoms with E-state index in [0.29, 0.717) is 22.8 Å². The first kappa shape index (κ1) is 15.5. The van der Waals surface area contributed by atoms with E-state index < -0.39 is 11.7 Å². The molecule has 0 unspecified atom stereocenters. The molecule has 2 rings (SSSR count). The predicted molar refractivity (Wildman–Crippen MR) is 79.8 cm³/mol. The van der Waals surface area contributed by atoms with Crippen molar-refractivity contribution in [3.63, 3.8) is 0 Å². The molecule has 0 heterocycles. The van der Waals surface area contributed by atoms with Gasteiger partial charge in [-0.15, -0.1) is 0 Å². The Morgan fingerprint density at radius 1 is 1.10 bits per heavy atom. The number of ether oxygens (including phenoxy) is 1. The molecule has 21 heavy (non-hydrogen) atoms. The minimum absolute atomic E-state index is 0.00423. The Hall–Kier alpha value is -1.89. The largest absolute Gasteiger partial charge is 0.495 e. The van der Waals surface area contributed by atoms with Crippen LogP contribution in [0.1, 0.15) is 5.56 Å². The minimum Gasteiger partial charge on any atom is -0.495 e. The van der Waals surface area contributed by atoms with Crippen molar-refractivity contribution in [1.29, 1.82) is 0 Å². The van der Waals surface area contributed by atoms with Gasteiger partial charge in [0.2, 0.25) is 0 Å². The average molecular weight is 361 g/mol. The highest BCUT2D eigenvalue weighted by atomic mass is 79.9. The zero-order valence-corrected chi connectivity index (χ0v) is 12.5. The Kier molecular flexibility index (Phi) is 4.32. The van der Waals surface area contributed by atoms with Crippen molar-refractivity contribution in [2.75, 3.05) is 18.2 Å². The van der Waals surface area contributed by atoms with Gasteiger partial charge in [0.15, 0.2) is 0 Å². The van der Waals surface area contributed by atoms with Crippen molar-refractivity contribution in [2.24, 2.45) is 0 Å². The summed E-state index contributed by atoms with van der Waals surface area (Å²) in [4.78, 5) is 0. The molecule has 0 aromatic heterocycles. The van der Waals surface area contributed by atoms with Gasteiger partial charge in [-0.1, -0.05) is 15.9 Å². The summed E-state index contributed by atoms with van der Waals surface area (Å²) in [6, 6.07) is 8.82. The fraction of sp³-hybridized carbons (Fsp3) is 0.143. The van der Waals surface area contributed by atoms with Gasteiger partial charge in [-0.3, -0.25) is 0 Å². The van der Waals surface area contributed by atoms with E-state index in [-0.39, 0.29) is 4.47 Å². The summed E-state index contributed by atoms with van der Waals surface area (Å²) in [5.41, 5.74) is 6.30. The third-order valence-corrected chi connectivity index (χ3v) is 3.49. The maximum atomic E-state index is 12.8. The number of nitrogens with one attached hydrogen (secondary N) is 1. The highest BCUT2D eigenvalue weighted by molar-refractivity contribution is 9.10. The van der Waals surface area contributed by atoms with Gasteiger partial charge >= 0.3 is 6.18 Å². The van der Waals surface area contributed by atoms with Crippen molar-refractivity contribution >= 4 is 33.0 Å². The monoisotopic (exact) mass is 360 g/mol. The molecule has 0 amide bonds. The van der Waals surface area contributed by atoms with Crippen LogP contribution in [-0.4, -0.2) is 7.11 Å². The molecule has 0 bridgehead atoms. The molecule has 0 aliphatic heterocycles. The van der Waals surface area contributed by atoms with Gasteiger partial charge in [0, 0.05) is 21.9 Å². The number of alkyl halides is 3. The Morgan fingerprint density at radius 2 is 1.71 bits per heavy atom. The molecule has 3 nitrogen and oxygen atoms in total. The topological polar surface area (TPSA) is 47.3 Å². The van der Waals surface area contributed by atoms with Gasteiger partial charge in [-0.2, -0.15) is 13.2 Å². The van der Waals surface area contributed by atoms with Crippen LogP contribution in [-0.2, 0) is 6.18 Å². The van der Waals surface area contributed by atoms with Gasteiger partial charge < -0.3 is 15.8 Å². The first-order chi connectivity index (χ1) is 9.81. The second-order valence-corrected chi connectivity index (χ2v) is 5.13. The summed E-state index contributed by atoms with van der Waals surface area (Å²) in [5, 5.41) is 2.89. The van der Waals surface area contributed by atoms with Crippen molar-refractivity contribution in [1.82, 2.24) is 0 Å². The number of rotatable bonds is 3. The smallest absolute Gasteiger partial charge is 0.417 e. The number of anilines is 3. The van der Waals surface area contributed by atoms with Crippen LogP contribution >= 0.6 is 15.9 Å². The Morgan fingerprint density at radius 3 is 2.33 bits per heavy atom. The van der Waals surface area contributed by atoms with Crippen LogP contribution in [0.3, 0.4) is 0 Å². The summed E-state index contributed by atoms with van der Waals surface area (Å²) in [6.07, 6.45) is -4.42. The molecule has 0 saturated heterocycles. The molecule has 0 atom stereocenters. The zero-order valence-electron chi connectivity index (χ0n) is 11.0. The fourth-order valence-electron chi connectivity index (χ4n) is 1.78. The van der Waals surface area contributed by atoms with E-state index in [1.54, 1.807) is 24.3 Å². The quantitative estimate of drug-likeness (QED) is 0.772. The highest BCUT2D eigenvalue weighted by Gasteiger charge is 2.33. The van der Waals surface area contributed by atoms with Crippen LogP contribution in [0.5, 0.6) is 5.75 Å². The van der Waals surface area contributed by atoms with E-state index in [9.17, 15) is 13.2 Å². The third kappa shape index (κ3) is 3.60. The van der Waals surface area contributed by atoms with Gasteiger partial charge in [-0.05, 0) is 30.3 Å². The summed E-state index contributed by atoms with van der Waals surface area (Å²) in [6.45, 7) is 0. The Balaban J connectivity index is 2.32. The number of nitrogen functional groups attached to an aromatic ring is 1. The van der Waals surface area contributed by atoms with Crippen LogP contribution in [0.4, 0.5) is 30.2 Å². The molecule has 2 aromatic carbocycles. The molecular weight excluding hydrogens is 349 g/mol. The predicted octanol–water partition coefficient (Wildman–Crippen LogP) is 4.80. The van der Waals surface area contributed by atoms with Crippen molar-refractivity contribution in [3.8, 4) is 5.75 Å². The van der Waals surface area contributed by atoms with Gasteiger partial charge in [0.25, 0.3) is 0 Å². The number of nitrogens with two attached hydrogens (primary N) is 1. The van der Waals surface area contributed by atoms with E-state index in [4.69, 9.17) is 10.5 Å². The lowest BCUT2D eigenvalue weighted by molar-refractivity contribution is -0.138. The molecule has 0 radical (unpaired) electrons. The van der Waals surface area contributed by atoms with Crippen LogP contribution in [0.25, 0.3) is 0 Å². The number of halogens is 4. The molecule has 112 valence electrons. The molecule has 0 aliphatic carbocycles. The van der Waals surface area contributed by atoms with E-state index in [1.807, 2.05) is 0 Å². The molecule has 2 aromatic rings. The first-order valence-electron chi connectivity index (χ1n) is 5.88. The lowest BCUT2D eigenvalue weighted by Crippen LogP contribution is -2.06. The maximum Gasteiger partial charge on any atom is 0.417 e. The Bertz CT molecular complexity index is 659. The molecule has 0 fully saturated rings. The van der Waals surface area contributed by atoms with Crippen molar-refractivity contribution in [2.45, 2.75) is 6.18 Å². The number of methoxy groups -OCH3 is 1. The fourth-order valence-corrected chi connectivity index (χ4v) is 2.25. The van der Waals surface area contributed by atoms with Crippen molar-refractivity contribution < 1.29 is 17.9 Å². The first-order valence-corrected chi connectivity index (χ1v) is 6.68. The summed E-state index contributed by atoms with van der Waals surface area (Å²) in [5.74, 6) is 0.452. The third-order valence-electron chi connectivity index (χ3n) is 2.79. The molecule has 0 aliphatic rings. The average Bonchev–Trinajstić information content (AvgIpc) is 2.42. The second-order valence-electron chi connectivity index (χ2n) is 4.27. The maximum absolute atomic E-state index is 12.8. The van der Waals surface area contributed by atoms with Crippen LogP contribution in [0, 0.1) is 0 Å². The van der Waals surface area contributed by atoms with Gasteiger partial charge in [0.1, 0.15) is 5.75 Å². The van der Waals surface area contributed by atoms with E-state index in [2.05, 4.69) is 21.2 Å². The second kappa shape index (κ2) is 5.85. The lowest BCUT2D eigenvalue weighted by atomic mass is 10.2. The van der Waals surface area contributed by atoms with Crippen LogP contribution in [0.15, 0.2) is 40.9 Å². The van der Waals surface area contributed by atoms with Gasteiger partial charge in [0.05, 0.1) is 18.4 Å². The van der Waals surface area contributed by atoms with Gasteiger partial charge in [-0.25, -0.2) is 0 Å². The van der Waals surface area contributed by atoms with E-state index in [0.717, 1.165) is 6.07 Å². The van der Waals surface area contributed by atoms with Crippen LogP contribution in [0.2, 0.25) is 0 Å². The van der Waals surface area contributed by atoms with Crippen molar-refractivity contribution in [3.05, 3.63) is 46.4 Å². The summed E-state index contributed by atoms with van der Waals surface area (Å²) in [7, 11) is 1.47. The standard InChI is InChI=1S/C14H12BrF3N2O/c1-21-13-7-9(3-5-12(13)19)20-8-2-4-11(15)10(6-8)14(16,17)18/h2-7,20H,19H2,1H3. The SMILES string of the molecule is COc1cc(Nc2ccc(Br)c(C(F)(F)F)c2)ccc1N. The highest BCUT2D eigenvalue weighted by Crippen LogP contribution is 2.37. The summed E-state index contributed by atoms with van der Waals surface area (Å²) < 4.78 is 43.6. The lowest BCUT2D eigenvalue weighted by Gasteiger charge is -2.13. The molecule has 3 N–H and O–H groups in total. The molecule has 0 saturated carbocycles. The summed E-state index contributed by atoms with van der Waals surface area (Å²) >= 11 is 2.90. The minimum atomic E-state index is -4.42. The Labute approximate surface area is 128 Å². The normalized spacial score (nSPS) is 11.3. The van der Waals surface area contributed by atoms with E-state index in [1.165, 1.54) is 13.2 Å². The number of hydrogen-bond acceptors (Lipinski definition) is 3. The van der Waals surface area contributed by atoms with E-state index >= 15 is 0 Å².